The molecule has 1 aliphatic carbocycles. The van der Waals surface area contributed by atoms with Gasteiger partial charge in [-0.25, -0.2) is 9.59 Å². The molecule has 5 rings (SSSR count). The molecule has 0 saturated carbocycles. The number of aldehydes is 1. The lowest BCUT2D eigenvalue weighted by Crippen LogP contribution is -2.26. The highest BCUT2D eigenvalue weighted by Crippen LogP contribution is 2.53. The first kappa shape index (κ1) is 22.5. The summed E-state index contributed by atoms with van der Waals surface area (Å²) in [6.45, 7) is 0.791. The molecular weight excluding hydrogens is 504 g/mol. The molecule has 0 bridgehead atoms. The summed E-state index contributed by atoms with van der Waals surface area (Å²) in [6.07, 6.45) is 0.788. The summed E-state index contributed by atoms with van der Waals surface area (Å²) in [6, 6.07) is 14.2. The van der Waals surface area contributed by atoms with E-state index in [-0.39, 0.29) is 11.1 Å². The van der Waals surface area contributed by atoms with Crippen LogP contribution in [-0.4, -0.2) is 45.7 Å². The fraction of sp³-hybridized carbons (Fsp3) is 0.192. The average molecular weight is 523 g/mol. The number of hydrogen-bond acceptors (Lipinski definition) is 7. The van der Waals surface area contributed by atoms with Gasteiger partial charge in [0, 0.05) is 21.2 Å². The molecule has 7 nitrogen and oxygen atoms in total. The van der Waals surface area contributed by atoms with Gasteiger partial charge in [0.1, 0.15) is 6.29 Å². The first-order valence-corrected chi connectivity index (χ1v) is 11.3. The molecule has 0 amide bonds. The highest BCUT2D eigenvalue weighted by molar-refractivity contribution is 9.10. The number of ether oxygens (including phenoxy) is 4. The summed E-state index contributed by atoms with van der Waals surface area (Å²) in [5.74, 6) is -2.24. The molecule has 0 aromatic heterocycles. The van der Waals surface area contributed by atoms with Gasteiger partial charge in [-0.2, -0.15) is 0 Å². The van der Waals surface area contributed by atoms with Crippen molar-refractivity contribution < 1.29 is 33.3 Å². The quantitative estimate of drug-likeness (QED) is 0.361. The Labute approximate surface area is 203 Å². The molecule has 8 heteroatoms. The van der Waals surface area contributed by atoms with Crippen molar-refractivity contribution in [2.45, 2.75) is 5.79 Å². The first-order valence-electron chi connectivity index (χ1n) is 10.5. The van der Waals surface area contributed by atoms with Crippen LogP contribution in [0.3, 0.4) is 0 Å². The molecule has 1 aliphatic heterocycles. The lowest BCUT2D eigenvalue weighted by Gasteiger charge is -2.25. The zero-order chi connectivity index (χ0) is 24.0. The van der Waals surface area contributed by atoms with Gasteiger partial charge in [0.2, 0.25) is 5.79 Å². The molecule has 34 heavy (non-hydrogen) atoms. The summed E-state index contributed by atoms with van der Waals surface area (Å²) in [5.41, 5.74) is 5.58. The molecule has 2 aliphatic rings. The summed E-state index contributed by atoms with van der Waals surface area (Å²) in [4.78, 5) is 36.4. The van der Waals surface area contributed by atoms with Crippen molar-refractivity contribution in [3.63, 3.8) is 0 Å². The maximum Gasteiger partial charge on any atom is 0.339 e. The minimum absolute atomic E-state index is 0.271. The van der Waals surface area contributed by atoms with E-state index in [2.05, 4.69) is 15.9 Å². The standard InChI is InChI=1S/C26H19BrO7/c1-31-24(29)19-12-23(27)20(25(30)32-2)11-18(19)15-4-6-17-16-5-3-14(13-28)9-21(16)26(22(17)10-15)33-7-8-34-26/h3-6,9-13H,7-8H2,1-2H3. The predicted octanol–water partition coefficient (Wildman–Crippen LogP) is 4.73. The summed E-state index contributed by atoms with van der Waals surface area (Å²) in [5, 5.41) is 0. The van der Waals surface area contributed by atoms with Crippen LogP contribution >= 0.6 is 15.9 Å². The largest absolute Gasteiger partial charge is 0.465 e. The Morgan fingerprint density at radius 3 is 2.12 bits per heavy atom. The number of esters is 2. The molecule has 3 aromatic carbocycles. The molecular formula is C26H19BrO7. The lowest BCUT2D eigenvalue weighted by molar-refractivity contribution is -0.126. The van der Waals surface area contributed by atoms with E-state index >= 15 is 0 Å². The number of halogens is 1. The molecule has 1 heterocycles. The predicted molar refractivity (Wildman–Crippen MR) is 126 cm³/mol. The van der Waals surface area contributed by atoms with Crippen LogP contribution in [0.15, 0.2) is 53.0 Å². The lowest BCUT2D eigenvalue weighted by atomic mass is 9.93. The molecule has 0 N–H and O–H groups in total. The molecule has 1 spiro atoms. The van der Waals surface area contributed by atoms with Crippen LogP contribution in [-0.2, 0) is 24.7 Å². The highest BCUT2D eigenvalue weighted by atomic mass is 79.9. The molecule has 0 atom stereocenters. The minimum atomic E-state index is -1.15. The number of rotatable bonds is 4. The van der Waals surface area contributed by atoms with E-state index in [1.54, 1.807) is 24.3 Å². The van der Waals surface area contributed by atoms with Gasteiger partial charge in [0.05, 0.1) is 38.6 Å². The second kappa shape index (κ2) is 8.47. The van der Waals surface area contributed by atoms with Gasteiger partial charge in [-0.1, -0.05) is 24.3 Å². The van der Waals surface area contributed by atoms with Gasteiger partial charge < -0.3 is 18.9 Å². The summed E-state index contributed by atoms with van der Waals surface area (Å²) >= 11 is 3.35. The number of methoxy groups -OCH3 is 2. The second-order valence-corrected chi connectivity index (χ2v) is 8.71. The Bertz CT molecular complexity index is 1360. The van der Waals surface area contributed by atoms with E-state index in [0.717, 1.165) is 28.5 Å². The fourth-order valence-electron chi connectivity index (χ4n) is 4.59. The Morgan fingerprint density at radius 1 is 0.853 bits per heavy atom. The second-order valence-electron chi connectivity index (χ2n) is 7.86. The van der Waals surface area contributed by atoms with Crippen LogP contribution in [0, 0.1) is 0 Å². The summed E-state index contributed by atoms with van der Waals surface area (Å²) < 4.78 is 22.6. The van der Waals surface area contributed by atoms with Crippen LogP contribution in [0.4, 0.5) is 0 Å². The van der Waals surface area contributed by atoms with E-state index in [0.29, 0.717) is 34.4 Å². The third-order valence-electron chi connectivity index (χ3n) is 6.12. The van der Waals surface area contributed by atoms with Gasteiger partial charge in [0.15, 0.2) is 0 Å². The maximum absolute atomic E-state index is 12.6. The zero-order valence-corrected chi connectivity index (χ0v) is 19.9. The number of carbonyl (C=O) groups excluding carboxylic acids is 3. The Balaban J connectivity index is 1.74. The molecule has 0 unspecified atom stereocenters. The van der Waals surface area contributed by atoms with Crippen molar-refractivity contribution >= 4 is 34.2 Å². The van der Waals surface area contributed by atoms with E-state index in [1.165, 1.54) is 14.2 Å². The van der Waals surface area contributed by atoms with Gasteiger partial charge in [-0.15, -0.1) is 0 Å². The third kappa shape index (κ3) is 3.29. The van der Waals surface area contributed by atoms with E-state index < -0.39 is 17.7 Å². The van der Waals surface area contributed by atoms with Crippen molar-refractivity contribution in [3.8, 4) is 22.3 Å². The number of hydrogen-bond donors (Lipinski definition) is 0. The summed E-state index contributed by atoms with van der Waals surface area (Å²) in [7, 11) is 2.59. The zero-order valence-electron chi connectivity index (χ0n) is 18.3. The number of fused-ring (bicyclic) bond motifs is 5. The normalized spacial score (nSPS) is 15.0. The van der Waals surface area contributed by atoms with Crippen molar-refractivity contribution in [1.29, 1.82) is 0 Å². The monoisotopic (exact) mass is 522 g/mol. The van der Waals surface area contributed by atoms with E-state index in [9.17, 15) is 14.4 Å². The highest BCUT2D eigenvalue weighted by Gasteiger charge is 2.48. The fourth-order valence-corrected chi connectivity index (χ4v) is 5.09. The van der Waals surface area contributed by atoms with Crippen LogP contribution in [0.25, 0.3) is 22.3 Å². The molecule has 172 valence electrons. The maximum atomic E-state index is 12.6. The first-order chi connectivity index (χ1) is 16.4. The molecule has 0 radical (unpaired) electrons. The van der Waals surface area contributed by atoms with Crippen LogP contribution < -0.4 is 0 Å². The van der Waals surface area contributed by atoms with Gasteiger partial charge in [0.25, 0.3) is 0 Å². The molecule has 1 saturated heterocycles. The topological polar surface area (TPSA) is 88.1 Å². The number of carbonyl (C=O) groups is 3. The smallest absolute Gasteiger partial charge is 0.339 e. The van der Waals surface area contributed by atoms with E-state index in [1.807, 2.05) is 24.3 Å². The molecule has 3 aromatic rings. The minimum Gasteiger partial charge on any atom is -0.465 e. The molecule has 1 fully saturated rings. The van der Waals surface area contributed by atoms with Crippen molar-refractivity contribution in [1.82, 2.24) is 0 Å². The Kier molecular flexibility index (Phi) is 5.59. The Hall–Kier alpha value is -3.33. The van der Waals surface area contributed by atoms with E-state index in [4.69, 9.17) is 18.9 Å². The Morgan fingerprint density at radius 2 is 1.47 bits per heavy atom. The van der Waals surface area contributed by atoms with Gasteiger partial charge in [-0.3, -0.25) is 4.79 Å². The van der Waals surface area contributed by atoms with Crippen LogP contribution in [0.5, 0.6) is 0 Å². The third-order valence-corrected chi connectivity index (χ3v) is 6.78. The van der Waals surface area contributed by atoms with Crippen LogP contribution in [0.2, 0.25) is 0 Å². The SMILES string of the molecule is COC(=O)c1cc(-c2ccc3c(c2)C2(OCCO2)c2cc(C=O)ccc2-3)c(C(=O)OC)cc1Br. The van der Waals surface area contributed by atoms with Crippen molar-refractivity contribution in [2.75, 3.05) is 27.4 Å². The van der Waals surface area contributed by atoms with Gasteiger partial charge >= 0.3 is 11.9 Å². The van der Waals surface area contributed by atoms with Gasteiger partial charge in [-0.05, 0) is 62.4 Å². The average Bonchev–Trinajstić information content (AvgIpc) is 3.47. The number of benzene rings is 3. The van der Waals surface area contributed by atoms with Crippen molar-refractivity contribution in [3.05, 3.63) is 80.8 Å². The van der Waals surface area contributed by atoms with Crippen molar-refractivity contribution in [2.24, 2.45) is 0 Å². The van der Waals surface area contributed by atoms with Crippen LogP contribution in [0.1, 0.15) is 42.2 Å².